The molecule has 0 bridgehead atoms. The van der Waals surface area contributed by atoms with Crippen LogP contribution in [0.5, 0.6) is 0 Å². The second-order valence-electron chi connectivity index (χ2n) is 2.93. The van der Waals surface area contributed by atoms with Crippen LogP contribution in [0, 0.1) is 0 Å². The first-order chi connectivity index (χ1) is 6.11. The first kappa shape index (κ1) is 10.8. The van der Waals surface area contributed by atoms with E-state index in [4.69, 9.17) is 14.6 Å². The second kappa shape index (κ2) is 4.32. The van der Waals surface area contributed by atoms with Crippen LogP contribution in [0.4, 0.5) is 0 Å². The quantitative estimate of drug-likeness (QED) is 0.398. The zero-order chi connectivity index (χ0) is 10.0. The van der Waals surface area contributed by atoms with Gasteiger partial charge in [-0.25, -0.2) is 0 Å². The minimum atomic E-state index is -1.36. The molecule has 1 fully saturated rings. The summed E-state index contributed by atoms with van der Waals surface area (Å²) in [5.41, 5.74) is 0. The lowest BCUT2D eigenvalue weighted by Gasteiger charge is -2.38. The van der Waals surface area contributed by atoms with Crippen LogP contribution in [0.2, 0.25) is 0 Å². The van der Waals surface area contributed by atoms with E-state index in [1.54, 1.807) is 0 Å². The number of rotatable bonds is 2. The van der Waals surface area contributed by atoms with Crippen LogP contribution in [0.15, 0.2) is 0 Å². The molecule has 78 valence electrons. The first-order valence-corrected chi connectivity index (χ1v) is 3.95. The van der Waals surface area contributed by atoms with E-state index in [9.17, 15) is 15.3 Å². The molecule has 4 N–H and O–H groups in total. The smallest absolute Gasteiger partial charge is 0.186 e. The Bertz CT molecular complexity index is 143. The summed E-state index contributed by atoms with van der Waals surface area (Å²) in [4.78, 5) is 0. The molecule has 0 spiro atoms. The summed E-state index contributed by atoms with van der Waals surface area (Å²) in [6.07, 6.45) is -5.91. The average molecular weight is 208 g/mol. The summed E-state index contributed by atoms with van der Waals surface area (Å²) in [6, 6.07) is 0. The van der Waals surface area contributed by atoms with Gasteiger partial charge < -0.3 is 29.9 Å². The van der Waals surface area contributed by atoms with Gasteiger partial charge in [0.25, 0.3) is 0 Å². The van der Waals surface area contributed by atoms with Gasteiger partial charge in [0.2, 0.25) is 0 Å². The van der Waals surface area contributed by atoms with Crippen LogP contribution in [0.3, 0.4) is 0 Å². The molecule has 6 nitrogen and oxygen atoms in total. The maximum absolute atomic E-state index is 9.28. The highest BCUT2D eigenvalue weighted by atomic mass is 17.2. The lowest BCUT2D eigenvalue weighted by Crippen LogP contribution is -2.58. The minimum Gasteiger partial charge on any atom is -0.394 e. The lowest BCUT2D eigenvalue weighted by molar-refractivity contribution is -0.294. The van der Waals surface area contributed by atoms with Crippen molar-refractivity contribution in [3.8, 4) is 0 Å². The first-order valence-electron chi connectivity index (χ1n) is 3.95. The van der Waals surface area contributed by atoms with Crippen molar-refractivity contribution >= 4 is 0 Å². The van der Waals surface area contributed by atoms with Gasteiger partial charge in [0, 0.05) is 7.11 Å². The Hall–Kier alpha value is -0.240. The van der Waals surface area contributed by atoms with Crippen molar-refractivity contribution < 1.29 is 29.9 Å². The van der Waals surface area contributed by atoms with Crippen molar-refractivity contribution in [1.29, 1.82) is 0 Å². The molecule has 5 atom stereocenters. The average Bonchev–Trinajstić information content (AvgIpc) is 2.15. The van der Waals surface area contributed by atoms with Gasteiger partial charge in [-0.1, -0.05) is 0 Å². The third-order valence-electron chi connectivity index (χ3n) is 2.08. The van der Waals surface area contributed by atoms with Gasteiger partial charge in [0.05, 0.1) is 6.61 Å². The molecular formula is C7H14O6. The fourth-order valence-electron chi connectivity index (χ4n) is 1.26. The van der Waals surface area contributed by atoms with Crippen LogP contribution >= 0.6 is 0 Å². The number of methoxy groups -OCH3 is 1. The monoisotopic (exact) mass is 208 g/mol. The van der Waals surface area contributed by atoms with Gasteiger partial charge in [0.1, 0.15) is 24.4 Å². The Morgan fingerprint density at radius 3 is 2.23 bits per heavy atom. The Labute approximate surface area is 75.3 Å². The van der Waals surface area contributed by atoms with Crippen molar-refractivity contribution in [3.05, 3.63) is 0 Å². The van der Waals surface area contributed by atoms with E-state index < -0.39 is 37.3 Å². The third kappa shape index (κ3) is 1.98. The molecule has 0 saturated carbocycles. The van der Waals surface area contributed by atoms with Crippen molar-refractivity contribution in [1.82, 2.24) is 0 Å². The molecule has 1 aliphatic rings. The SMILES string of the molecule is [14CH3]O[14C@H]1O[14C@H]([14CH2]O)[14C@@H](O)[14C@H](O)[14C@H]1O. The molecule has 0 radical (unpaired) electrons. The van der Waals surface area contributed by atoms with Crippen molar-refractivity contribution in [2.75, 3.05) is 13.7 Å². The Morgan fingerprint density at radius 1 is 1.15 bits per heavy atom. The summed E-state index contributed by atoms with van der Waals surface area (Å²) >= 11 is 0. The van der Waals surface area contributed by atoms with Gasteiger partial charge >= 0.3 is 0 Å². The van der Waals surface area contributed by atoms with Crippen LogP contribution in [-0.2, 0) is 9.47 Å². The molecule has 0 aromatic carbocycles. The maximum atomic E-state index is 9.28. The number of hydrogen-bond donors (Lipinski definition) is 4. The number of aliphatic hydroxyl groups is 4. The highest BCUT2D eigenvalue weighted by Crippen LogP contribution is 2.20. The fourth-order valence-corrected chi connectivity index (χ4v) is 1.26. The zero-order valence-electron chi connectivity index (χ0n) is 7.20. The summed E-state index contributed by atoms with van der Waals surface area (Å²) in [7, 11) is 1.30. The van der Waals surface area contributed by atoms with Gasteiger partial charge in [0.15, 0.2) is 6.29 Å². The zero-order valence-corrected chi connectivity index (χ0v) is 7.20. The summed E-state index contributed by atoms with van der Waals surface area (Å²) in [5, 5.41) is 36.6. The largest absolute Gasteiger partial charge is 0.394 e. The molecule has 0 unspecified atom stereocenters. The van der Waals surface area contributed by atoms with Crippen molar-refractivity contribution in [3.63, 3.8) is 0 Å². The maximum Gasteiger partial charge on any atom is 0.186 e. The van der Waals surface area contributed by atoms with E-state index in [0.29, 0.717) is 0 Å². The van der Waals surface area contributed by atoms with Gasteiger partial charge in [-0.3, -0.25) is 0 Å². The Morgan fingerprint density at radius 2 is 1.77 bits per heavy atom. The van der Waals surface area contributed by atoms with Crippen LogP contribution in [0.1, 0.15) is 0 Å². The van der Waals surface area contributed by atoms with Gasteiger partial charge in [-0.05, 0) is 0 Å². The third-order valence-corrected chi connectivity index (χ3v) is 2.08. The van der Waals surface area contributed by atoms with E-state index in [1.165, 1.54) is 7.11 Å². The van der Waals surface area contributed by atoms with E-state index in [2.05, 4.69) is 0 Å². The summed E-state index contributed by atoms with van der Waals surface area (Å²) in [6.45, 7) is -0.440. The van der Waals surface area contributed by atoms with E-state index >= 15 is 0 Å². The predicted molar refractivity (Wildman–Crippen MR) is 40.8 cm³/mol. The molecular weight excluding hydrogens is 194 g/mol. The molecule has 0 aromatic rings. The Kier molecular flexibility index (Phi) is 3.60. The lowest BCUT2D eigenvalue weighted by atomic mass is 11.9. The van der Waals surface area contributed by atoms with Crippen molar-refractivity contribution in [2.24, 2.45) is 0 Å². The van der Waals surface area contributed by atoms with Crippen LogP contribution < -0.4 is 0 Å². The molecule has 0 amide bonds. The molecule has 1 aliphatic heterocycles. The topological polar surface area (TPSA) is 99.4 Å². The molecule has 13 heavy (non-hydrogen) atoms. The van der Waals surface area contributed by atoms with Gasteiger partial charge in [-0.2, -0.15) is 0 Å². The fraction of sp³-hybridized carbons (Fsp3) is 1.00. The summed E-state index contributed by atoms with van der Waals surface area (Å²) in [5.74, 6) is 0. The molecule has 1 saturated heterocycles. The Balaban J connectivity index is 2.66. The molecule has 6 heteroatoms. The van der Waals surface area contributed by atoms with Crippen LogP contribution in [-0.4, -0.2) is 64.8 Å². The van der Waals surface area contributed by atoms with E-state index in [1.807, 2.05) is 0 Å². The second-order valence-corrected chi connectivity index (χ2v) is 2.93. The predicted octanol–water partition coefficient (Wildman–Crippen LogP) is -2.57. The van der Waals surface area contributed by atoms with Crippen LogP contribution in [0.25, 0.3) is 0 Å². The van der Waals surface area contributed by atoms with Crippen molar-refractivity contribution in [2.45, 2.75) is 30.7 Å². The van der Waals surface area contributed by atoms with Gasteiger partial charge in [-0.15, -0.1) is 0 Å². The molecule has 1 rings (SSSR count). The normalized spacial score (nSPS) is 46.4. The number of hydrogen-bond acceptors (Lipinski definition) is 6. The molecule has 1 heterocycles. The standard InChI is InChI=1S/C7H14O6/c1-12-7-6(11)5(10)4(9)3(2-8)13-7/h3-11H,2H2,1H3/t3-,4-,5+,6-,7+/m1/s1/i1+2,2+2,3+2,4+2,5+2,6+2,7+2. The summed E-state index contributed by atoms with van der Waals surface area (Å²) < 4.78 is 9.65. The molecule has 0 aliphatic carbocycles. The molecule has 0 aromatic heterocycles. The minimum absolute atomic E-state index is 0.440. The van der Waals surface area contributed by atoms with E-state index in [0.717, 1.165) is 0 Å². The highest BCUT2D eigenvalue weighted by molar-refractivity contribution is 4.88. The number of ether oxygens (including phenoxy) is 2. The van der Waals surface area contributed by atoms with E-state index in [-0.39, 0.29) is 0 Å². The highest BCUT2D eigenvalue weighted by Gasteiger charge is 2.43. The number of aliphatic hydroxyl groups excluding tert-OH is 4.